The Morgan fingerprint density at radius 1 is 0.892 bits per heavy atom. The predicted octanol–water partition coefficient (Wildman–Crippen LogP) is 3.88. The van der Waals surface area contributed by atoms with E-state index < -0.39 is 0 Å². The number of morpholine rings is 1. The number of benzene rings is 1. The van der Waals surface area contributed by atoms with Gasteiger partial charge in [0.05, 0.1) is 26.5 Å². The summed E-state index contributed by atoms with van der Waals surface area (Å²) < 4.78 is 13.4. The molecule has 37 heavy (non-hydrogen) atoms. The van der Waals surface area contributed by atoms with Gasteiger partial charge in [-0.25, -0.2) is 24.9 Å². The molecule has 1 saturated heterocycles. The molecule has 10 heteroatoms. The minimum atomic E-state index is 0.460. The fourth-order valence-corrected chi connectivity index (χ4v) is 4.52. The zero-order valence-corrected chi connectivity index (χ0v) is 20.7. The summed E-state index contributed by atoms with van der Waals surface area (Å²) in [5.74, 6) is 3.12. The van der Waals surface area contributed by atoms with Crippen molar-refractivity contribution in [3.63, 3.8) is 0 Å². The fourth-order valence-electron chi connectivity index (χ4n) is 4.52. The molecular weight excluding hydrogens is 468 g/mol. The Balaban J connectivity index is 1.60. The quantitative estimate of drug-likeness (QED) is 0.348. The molecule has 0 unspecified atom stereocenters. The fraction of sp³-hybridized carbons (Fsp3) is 0.259. The average molecular weight is 495 g/mol. The van der Waals surface area contributed by atoms with E-state index in [2.05, 4.69) is 26.4 Å². The number of ether oxygens (including phenoxy) is 2. The van der Waals surface area contributed by atoms with Gasteiger partial charge < -0.3 is 18.9 Å². The highest BCUT2D eigenvalue weighted by Gasteiger charge is 2.25. The molecule has 6 rings (SSSR count). The maximum absolute atomic E-state index is 5.65. The molecule has 5 aromatic rings. The second-order valence-electron chi connectivity index (χ2n) is 8.53. The van der Waals surface area contributed by atoms with Crippen LogP contribution >= 0.6 is 0 Å². The Morgan fingerprint density at radius 3 is 2.41 bits per heavy atom. The van der Waals surface area contributed by atoms with E-state index in [0.717, 1.165) is 33.9 Å². The molecule has 186 valence electrons. The number of fused-ring (bicyclic) bond motifs is 1. The van der Waals surface area contributed by atoms with Crippen LogP contribution < -0.4 is 9.64 Å². The molecule has 0 atom stereocenters. The summed E-state index contributed by atoms with van der Waals surface area (Å²) in [6.07, 6.45) is 5.21. The normalized spacial score (nSPS) is 13.7. The summed E-state index contributed by atoms with van der Waals surface area (Å²) in [6.45, 7) is 5.45. The minimum absolute atomic E-state index is 0.460. The second kappa shape index (κ2) is 9.90. The number of pyridine rings is 1. The summed E-state index contributed by atoms with van der Waals surface area (Å²) in [5, 5.41) is 0. The Morgan fingerprint density at radius 2 is 1.68 bits per heavy atom. The van der Waals surface area contributed by atoms with Gasteiger partial charge in [0, 0.05) is 43.2 Å². The van der Waals surface area contributed by atoms with Gasteiger partial charge in [0.1, 0.15) is 5.82 Å². The highest BCUT2D eigenvalue weighted by Crippen LogP contribution is 2.34. The lowest BCUT2D eigenvalue weighted by Gasteiger charge is -2.28. The summed E-state index contributed by atoms with van der Waals surface area (Å²) >= 11 is 0. The van der Waals surface area contributed by atoms with Crippen molar-refractivity contribution in [1.29, 1.82) is 0 Å². The monoisotopic (exact) mass is 494 g/mol. The first-order valence-electron chi connectivity index (χ1n) is 12.2. The van der Waals surface area contributed by atoms with Crippen molar-refractivity contribution in [3.05, 3.63) is 61.1 Å². The van der Waals surface area contributed by atoms with Gasteiger partial charge in [-0.15, -0.1) is 0 Å². The Hall–Kier alpha value is -4.44. The molecule has 1 fully saturated rings. The van der Waals surface area contributed by atoms with Crippen molar-refractivity contribution < 1.29 is 9.47 Å². The predicted molar refractivity (Wildman–Crippen MR) is 140 cm³/mol. The number of aromatic nitrogens is 7. The number of anilines is 1. The largest absolute Gasteiger partial charge is 0.493 e. The van der Waals surface area contributed by atoms with Gasteiger partial charge in [-0.05, 0) is 19.1 Å². The van der Waals surface area contributed by atoms with Crippen LogP contribution in [0.15, 0.2) is 61.1 Å². The van der Waals surface area contributed by atoms with Crippen LogP contribution in [0.1, 0.15) is 6.92 Å². The SMILES string of the molecule is CCn1c(-c2ccncc2)nc2c(N3CCOCC3)nc(-c3nc(-c4ccccc4)ncc3OC)nc21. The van der Waals surface area contributed by atoms with E-state index in [9.17, 15) is 0 Å². The minimum Gasteiger partial charge on any atom is -0.493 e. The summed E-state index contributed by atoms with van der Waals surface area (Å²) in [4.78, 5) is 30.8. The summed E-state index contributed by atoms with van der Waals surface area (Å²) in [7, 11) is 1.60. The zero-order chi connectivity index (χ0) is 25.2. The molecule has 0 amide bonds. The Bertz CT molecular complexity index is 1530. The third kappa shape index (κ3) is 4.25. The molecule has 1 aromatic carbocycles. The third-order valence-corrected chi connectivity index (χ3v) is 6.36. The molecule has 0 saturated carbocycles. The van der Waals surface area contributed by atoms with E-state index in [1.807, 2.05) is 42.5 Å². The number of aryl methyl sites for hydroxylation is 1. The van der Waals surface area contributed by atoms with E-state index in [4.69, 9.17) is 29.4 Å². The van der Waals surface area contributed by atoms with Crippen LogP contribution in [-0.4, -0.2) is 67.9 Å². The van der Waals surface area contributed by atoms with Gasteiger partial charge in [-0.3, -0.25) is 4.98 Å². The molecular formula is C27H26N8O2. The first kappa shape index (κ1) is 23.0. The summed E-state index contributed by atoms with van der Waals surface area (Å²) in [6, 6.07) is 13.7. The van der Waals surface area contributed by atoms with E-state index in [0.29, 0.717) is 55.9 Å². The maximum atomic E-state index is 5.65. The molecule has 0 radical (unpaired) electrons. The summed E-state index contributed by atoms with van der Waals surface area (Å²) in [5.41, 5.74) is 3.88. The van der Waals surface area contributed by atoms with E-state index >= 15 is 0 Å². The van der Waals surface area contributed by atoms with Crippen LogP contribution in [0.5, 0.6) is 5.75 Å². The van der Waals surface area contributed by atoms with Crippen LogP contribution in [0, 0.1) is 0 Å². The Labute approximate surface area is 214 Å². The van der Waals surface area contributed by atoms with E-state index in [1.54, 1.807) is 25.7 Å². The molecule has 0 bridgehead atoms. The van der Waals surface area contributed by atoms with Crippen LogP contribution in [0.2, 0.25) is 0 Å². The maximum Gasteiger partial charge on any atom is 0.186 e. The van der Waals surface area contributed by atoms with Gasteiger partial charge in [-0.1, -0.05) is 30.3 Å². The topological polar surface area (TPSA) is 104 Å². The average Bonchev–Trinajstić information content (AvgIpc) is 3.36. The van der Waals surface area contributed by atoms with Gasteiger partial charge in [0.2, 0.25) is 0 Å². The molecule has 1 aliphatic heterocycles. The van der Waals surface area contributed by atoms with E-state index in [1.165, 1.54) is 0 Å². The molecule has 5 heterocycles. The first-order valence-corrected chi connectivity index (χ1v) is 12.2. The number of hydrogen-bond donors (Lipinski definition) is 0. The number of imidazole rings is 1. The van der Waals surface area contributed by atoms with Crippen LogP contribution in [0.3, 0.4) is 0 Å². The van der Waals surface area contributed by atoms with Crippen molar-refractivity contribution in [1.82, 2.24) is 34.5 Å². The van der Waals surface area contributed by atoms with Crippen molar-refractivity contribution in [2.24, 2.45) is 0 Å². The lowest BCUT2D eigenvalue weighted by molar-refractivity contribution is 0.122. The van der Waals surface area contributed by atoms with Crippen LogP contribution in [0.4, 0.5) is 5.82 Å². The molecule has 10 nitrogen and oxygen atoms in total. The lowest BCUT2D eigenvalue weighted by atomic mass is 10.2. The van der Waals surface area contributed by atoms with Gasteiger partial charge in [-0.2, -0.15) is 0 Å². The highest BCUT2D eigenvalue weighted by atomic mass is 16.5. The van der Waals surface area contributed by atoms with Crippen molar-refractivity contribution in [2.45, 2.75) is 13.5 Å². The Kier molecular flexibility index (Phi) is 6.15. The van der Waals surface area contributed by atoms with Gasteiger partial charge in [0.25, 0.3) is 0 Å². The molecule has 4 aromatic heterocycles. The number of methoxy groups -OCH3 is 1. The van der Waals surface area contributed by atoms with Gasteiger partial charge in [0.15, 0.2) is 40.1 Å². The van der Waals surface area contributed by atoms with Gasteiger partial charge >= 0.3 is 0 Å². The molecule has 0 spiro atoms. The second-order valence-corrected chi connectivity index (χ2v) is 8.53. The lowest BCUT2D eigenvalue weighted by Crippen LogP contribution is -2.37. The molecule has 0 N–H and O–H groups in total. The molecule has 0 aliphatic carbocycles. The highest BCUT2D eigenvalue weighted by molar-refractivity contribution is 5.89. The van der Waals surface area contributed by atoms with E-state index in [-0.39, 0.29) is 0 Å². The van der Waals surface area contributed by atoms with Crippen LogP contribution in [0.25, 0.3) is 45.5 Å². The smallest absolute Gasteiger partial charge is 0.186 e. The van der Waals surface area contributed by atoms with Crippen molar-refractivity contribution in [3.8, 4) is 40.0 Å². The number of nitrogens with zero attached hydrogens (tertiary/aromatic N) is 8. The van der Waals surface area contributed by atoms with Crippen LogP contribution in [-0.2, 0) is 11.3 Å². The third-order valence-electron chi connectivity index (χ3n) is 6.36. The first-order chi connectivity index (χ1) is 18.3. The zero-order valence-electron chi connectivity index (χ0n) is 20.7. The standard InChI is InChI=1S/C27H26N8O2/c1-3-35-25(19-9-11-28-12-10-19)31-22-26(34-13-15-37-16-14-34)32-24(33-27(22)35)21-20(36-2)17-29-23(30-21)18-7-5-4-6-8-18/h4-12,17H,3,13-16H2,1-2H3. The molecule has 1 aliphatic rings. The van der Waals surface area contributed by atoms with Crippen molar-refractivity contribution >= 4 is 17.0 Å². The number of hydrogen-bond acceptors (Lipinski definition) is 9. The van der Waals surface area contributed by atoms with Crippen molar-refractivity contribution in [2.75, 3.05) is 38.3 Å². The number of rotatable bonds is 6.